The fourth-order valence-corrected chi connectivity index (χ4v) is 1.68. The van der Waals surface area contributed by atoms with Crippen molar-refractivity contribution in [3.8, 4) is 0 Å². The second-order valence-corrected chi connectivity index (χ2v) is 4.76. The third-order valence-corrected chi connectivity index (χ3v) is 2.76. The van der Waals surface area contributed by atoms with Gasteiger partial charge in [0.2, 0.25) is 0 Å². The van der Waals surface area contributed by atoms with Gasteiger partial charge in [-0.1, -0.05) is 6.08 Å². The normalized spacial score (nSPS) is 16.0. The number of ether oxygens (including phenoxy) is 1. The number of allylic oxidation sites excluding steroid dienone is 1. The summed E-state index contributed by atoms with van der Waals surface area (Å²) in [4.78, 5) is 27.3. The molecule has 1 aromatic heterocycles. The Balaban J connectivity index is 0. The van der Waals surface area contributed by atoms with Crippen LogP contribution in [0.15, 0.2) is 18.2 Å². The van der Waals surface area contributed by atoms with Crippen LogP contribution in [0.25, 0.3) is 0 Å². The summed E-state index contributed by atoms with van der Waals surface area (Å²) in [6, 6.07) is 0. The summed E-state index contributed by atoms with van der Waals surface area (Å²) in [5.41, 5.74) is 16.1. The molecule has 1 aliphatic rings. The van der Waals surface area contributed by atoms with Crippen molar-refractivity contribution in [2.45, 2.75) is 18.9 Å². The van der Waals surface area contributed by atoms with Gasteiger partial charge in [0.25, 0.3) is 0 Å². The molecule has 6 N–H and O–H groups in total. The average Bonchev–Trinajstić information content (AvgIpc) is 2.80. The Kier molecular flexibility index (Phi) is 14.4. The molecule has 22 heavy (non-hydrogen) atoms. The van der Waals surface area contributed by atoms with E-state index in [9.17, 15) is 14.2 Å². The minimum atomic E-state index is -2.55. The minimum Gasteiger partial charge on any atom is -0.840 e. The van der Waals surface area contributed by atoms with Crippen LogP contribution in [0.4, 0.5) is 21.7 Å². The molecule has 1 aliphatic carbocycles. The Hall–Kier alpha value is 0.460. The second-order valence-electron chi connectivity index (χ2n) is 3.84. The predicted molar refractivity (Wildman–Crippen MR) is 70.4 cm³/mol. The summed E-state index contributed by atoms with van der Waals surface area (Å²) in [5.74, 6) is 0.104. The van der Waals surface area contributed by atoms with E-state index in [2.05, 4.69) is 9.97 Å². The topological polar surface area (TPSA) is 159 Å². The standard InChI is InChI=1S/C6H8FO3P.C4H7N5.2Na/c7-5-2-1-3-6(5)10-4-11(8)9;5-2-3(6)8-1-9-4(2)7;;/h2,6H,1,3-4H2;1H,5H2,(H4,6,7,8,9);;/q-2;;2*+1/t6-;;;/m1.../s1. The molecular formula is C10H15FN5Na2O3P. The molecule has 0 bridgehead atoms. The molecule has 112 valence electrons. The Labute approximate surface area is 173 Å². The van der Waals surface area contributed by atoms with E-state index in [4.69, 9.17) is 21.9 Å². The van der Waals surface area contributed by atoms with Gasteiger partial charge >= 0.3 is 59.1 Å². The molecule has 0 aliphatic heterocycles. The first-order valence-corrected chi connectivity index (χ1v) is 6.98. The second kappa shape index (κ2) is 12.8. The maximum Gasteiger partial charge on any atom is 1.00 e. The van der Waals surface area contributed by atoms with Gasteiger partial charge < -0.3 is 31.7 Å². The van der Waals surface area contributed by atoms with Crippen LogP contribution < -0.4 is 86.1 Å². The summed E-state index contributed by atoms with van der Waals surface area (Å²) >= 11 is 0. The van der Waals surface area contributed by atoms with Crippen LogP contribution in [-0.2, 0) is 4.74 Å². The third-order valence-electron chi connectivity index (χ3n) is 2.40. The molecule has 2 rings (SSSR count). The van der Waals surface area contributed by atoms with Gasteiger partial charge in [0.05, 0.1) is 0 Å². The molecular weight excluding hydrogens is 334 g/mol. The van der Waals surface area contributed by atoms with Crippen LogP contribution in [-0.4, -0.2) is 22.4 Å². The van der Waals surface area contributed by atoms with Crippen LogP contribution in [0.5, 0.6) is 0 Å². The molecule has 0 amide bonds. The maximum atomic E-state index is 12.6. The first-order chi connectivity index (χ1) is 9.41. The number of rotatable bonds is 3. The Morgan fingerprint density at radius 2 is 1.77 bits per heavy atom. The Morgan fingerprint density at radius 3 is 2.14 bits per heavy atom. The van der Waals surface area contributed by atoms with Gasteiger partial charge in [-0.3, -0.25) is 8.38 Å². The van der Waals surface area contributed by atoms with E-state index < -0.39 is 14.5 Å². The zero-order valence-corrected chi connectivity index (χ0v) is 17.4. The van der Waals surface area contributed by atoms with E-state index in [-0.39, 0.29) is 88.6 Å². The molecule has 0 saturated carbocycles. The molecule has 1 aromatic rings. The SMILES string of the molecule is Nc1ncnc(N)c1N.[Na+].[Na+].[O-]P([O-])CO[C@@H]1CCC=C1F. The van der Waals surface area contributed by atoms with Crippen molar-refractivity contribution in [2.75, 3.05) is 23.5 Å². The summed E-state index contributed by atoms with van der Waals surface area (Å²) in [7, 11) is -2.55. The minimum absolute atomic E-state index is 0. The van der Waals surface area contributed by atoms with Gasteiger partial charge in [-0.05, 0) is 12.8 Å². The van der Waals surface area contributed by atoms with Crippen molar-refractivity contribution in [3.63, 3.8) is 0 Å². The largest absolute Gasteiger partial charge is 1.00 e. The number of halogens is 1. The van der Waals surface area contributed by atoms with Crippen LogP contribution in [0.1, 0.15) is 12.8 Å². The molecule has 1 heterocycles. The molecule has 0 aromatic carbocycles. The number of hydrogen-bond donors (Lipinski definition) is 3. The Bertz CT molecular complexity index is 464. The summed E-state index contributed by atoms with van der Waals surface area (Å²) in [5, 5.41) is 0. The summed E-state index contributed by atoms with van der Waals surface area (Å²) < 4.78 is 17.3. The number of nitrogens with zero attached hydrogens (tertiary/aromatic N) is 2. The zero-order valence-electron chi connectivity index (χ0n) is 12.5. The number of nitrogens with two attached hydrogens (primary N) is 3. The van der Waals surface area contributed by atoms with Crippen molar-refractivity contribution in [2.24, 2.45) is 0 Å². The van der Waals surface area contributed by atoms with Crippen LogP contribution >= 0.6 is 8.38 Å². The first-order valence-electron chi connectivity index (χ1n) is 5.62. The average molecular weight is 349 g/mol. The quantitative estimate of drug-likeness (QED) is 0.359. The number of anilines is 3. The summed E-state index contributed by atoms with van der Waals surface area (Å²) in [6.45, 7) is 0. The van der Waals surface area contributed by atoms with E-state index in [0.29, 0.717) is 12.8 Å². The van der Waals surface area contributed by atoms with Crippen LogP contribution in [0.3, 0.4) is 0 Å². The number of nitrogen functional groups attached to an aromatic ring is 3. The van der Waals surface area contributed by atoms with Crippen molar-refractivity contribution < 1.29 is 78.0 Å². The molecule has 8 nitrogen and oxygen atoms in total. The molecule has 0 saturated heterocycles. The van der Waals surface area contributed by atoms with E-state index in [1.807, 2.05) is 0 Å². The van der Waals surface area contributed by atoms with Gasteiger partial charge in [-0.2, -0.15) is 0 Å². The van der Waals surface area contributed by atoms with Crippen molar-refractivity contribution in [1.29, 1.82) is 0 Å². The van der Waals surface area contributed by atoms with Gasteiger partial charge in [-0.25, -0.2) is 14.4 Å². The van der Waals surface area contributed by atoms with E-state index >= 15 is 0 Å². The fourth-order valence-electron chi connectivity index (χ4n) is 1.38. The van der Waals surface area contributed by atoms with E-state index in [1.165, 1.54) is 12.4 Å². The zero-order chi connectivity index (χ0) is 15.1. The van der Waals surface area contributed by atoms with Gasteiger partial charge in [0, 0.05) is 6.35 Å². The molecule has 0 radical (unpaired) electrons. The third kappa shape index (κ3) is 8.93. The molecule has 1 atom stereocenters. The van der Waals surface area contributed by atoms with Crippen molar-refractivity contribution in [3.05, 3.63) is 18.2 Å². The molecule has 0 fully saturated rings. The van der Waals surface area contributed by atoms with Crippen LogP contribution in [0, 0.1) is 0 Å². The van der Waals surface area contributed by atoms with Crippen LogP contribution in [0.2, 0.25) is 0 Å². The van der Waals surface area contributed by atoms with Gasteiger partial charge in [0.1, 0.15) is 23.9 Å². The maximum absolute atomic E-state index is 12.6. The Morgan fingerprint density at radius 1 is 1.23 bits per heavy atom. The predicted octanol–water partition coefficient (Wildman–Crippen LogP) is -6.76. The summed E-state index contributed by atoms with van der Waals surface area (Å²) in [6.07, 6.45) is 2.86. The first kappa shape index (κ1) is 24.7. The number of aromatic nitrogens is 2. The van der Waals surface area contributed by atoms with Gasteiger partial charge in [0.15, 0.2) is 11.6 Å². The van der Waals surface area contributed by atoms with Crippen molar-refractivity contribution in [1.82, 2.24) is 9.97 Å². The van der Waals surface area contributed by atoms with E-state index in [1.54, 1.807) is 0 Å². The molecule has 12 heteroatoms. The van der Waals surface area contributed by atoms with Gasteiger partial charge in [-0.15, -0.1) is 0 Å². The fraction of sp³-hybridized carbons (Fsp3) is 0.400. The van der Waals surface area contributed by atoms with E-state index in [0.717, 1.165) is 0 Å². The molecule has 0 spiro atoms. The monoisotopic (exact) mass is 349 g/mol. The molecule has 0 unspecified atom stereocenters. The number of hydrogen-bond acceptors (Lipinski definition) is 8. The smallest absolute Gasteiger partial charge is 0.840 e. The van der Waals surface area contributed by atoms with Crippen molar-refractivity contribution >= 4 is 25.7 Å².